The summed E-state index contributed by atoms with van der Waals surface area (Å²) >= 11 is 0. The first-order valence-corrected chi connectivity index (χ1v) is 5.62. The molecule has 1 saturated carbocycles. The van der Waals surface area contributed by atoms with Gasteiger partial charge in [-0.2, -0.15) is 0 Å². The highest BCUT2D eigenvalue weighted by Gasteiger charge is 2.44. The molecule has 1 aromatic carbocycles. The van der Waals surface area contributed by atoms with Crippen molar-refractivity contribution in [1.29, 1.82) is 0 Å². The number of carbonyl (C=O) groups excluding carboxylic acids is 1. The van der Waals surface area contributed by atoms with Crippen molar-refractivity contribution in [3.63, 3.8) is 0 Å². The number of nitrogens with zero attached hydrogens (tertiary/aromatic N) is 1. The third kappa shape index (κ3) is 1.28. The van der Waals surface area contributed by atoms with Gasteiger partial charge in [-0.3, -0.25) is 4.79 Å². The van der Waals surface area contributed by atoms with Crippen LogP contribution in [0.2, 0.25) is 0 Å². The van der Waals surface area contributed by atoms with Crippen LogP contribution in [0.1, 0.15) is 18.4 Å². The van der Waals surface area contributed by atoms with Crippen LogP contribution in [0.5, 0.6) is 0 Å². The minimum absolute atomic E-state index is 0.323. The van der Waals surface area contributed by atoms with Gasteiger partial charge in [-0.05, 0) is 37.3 Å². The first-order valence-electron chi connectivity index (χ1n) is 5.62. The highest BCUT2D eigenvalue weighted by molar-refractivity contribution is 5.97. The number of hydrogen-bond acceptors (Lipinski definition) is 1. The fourth-order valence-electron chi connectivity index (χ4n) is 2.74. The smallest absolute Gasteiger partial charge is 0.230 e. The molecule has 78 valence electrons. The van der Waals surface area contributed by atoms with Gasteiger partial charge in [-0.15, -0.1) is 0 Å². The molecule has 3 fully saturated rings. The summed E-state index contributed by atoms with van der Waals surface area (Å²) in [5, 5.41) is 0. The molecule has 1 amide bonds. The first kappa shape index (κ1) is 8.96. The molecular formula is C13H15NO. The van der Waals surface area contributed by atoms with E-state index in [9.17, 15) is 4.79 Å². The Hall–Kier alpha value is -1.31. The predicted molar refractivity (Wildman–Crippen MR) is 59.7 cm³/mol. The molecule has 1 aromatic rings. The average Bonchev–Trinajstić information content (AvgIpc) is 2.17. The zero-order valence-corrected chi connectivity index (χ0v) is 8.94. The van der Waals surface area contributed by atoms with E-state index in [0.717, 1.165) is 31.0 Å². The lowest BCUT2D eigenvalue weighted by Crippen LogP contribution is -2.53. The Kier molecular flexibility index (Phi) is 1.84. The number of carbonyl (C=O) groups is 1. The van der Waals surface area contributed by atoms with Crippen LogP contribution in [-0.4, -0.2) is 12.5 Å². The highest BCUT2D eigenvalue weighted by Crippen LogP contribution is 2.42. The molecule has 0 unspecified atom stereocenters. The van der Waals surface area contributed by atoms with Crippen molar-refractivity contribution in [1.82, 2.24) is 0 Å². The van der Waals surface area contributed by atoms with Crippen molar-refractivity contribution < 1.29 is 4.79 Å². The minimum atomic E-state index is 0.323. The van der Waals surface area contributed by atoms with Gasteiger partial charge in [-0.25, -0.2) is 0 Å². The summed E-state index contributed by atoms with van der Waals surface area (Å²) in [5.74, 6) is 1.42. The van der Waals surface area contributed by atoms with Gasteiger partial charge in [-0.1, -0.05) is 18.2 Å². The lowest BCUT2D eigenvalue weighted by atomic mass is 9.70. The van der Waals surface area contributed by atoms with E-state index in [-0.39, 0.29) is 0 Å². The Labute approximate surface area is 89.9 Å². The Morgan fingerprint density at radius 3 is 2.67 bits per heavy atom. The second kappa shape index (κ2) is 3.09. The number of para-hydroxylation sites is 1. The number of hydrogen-bond donors (Lipinski definition) is 0. The molecule has 0 radical (unpaired) electrons. The zero-order valence-electron chi connectivity index (χ0n) is 8.94. The summed E-state index contributed by atoms with van der Waals surface area (Å²) in [7, 11) is 0. The van der Waals surface area contributed by atoms with Crippen molar-refractivity contribution in [3.05, 3.63) is 29.8 Å². The van der Waals surface area contributed by atoms with Crippen LogP contribution in [-0.2, 0) is 4.79 Å². The maximum absolute atomic E-state index is 12.0. The summed E-state index contributed by atoms with van der Waals surface area (Å²) in [6.07, 6.45) is 2.25. The third-order valence-corrected chi connectivity index (χ3v) is 3.70. The minimum Gasteiger partial charge on any atom is -0.312 e. The van der Waals surface area contributed by atoms with Crippen molar-refractivity contribution in [2.75, 3.05) is 11.4 Å². The Balaban J connectivity index is 1.94. The maximum Gasteiger partial charge on any atom is 0.230 e. The molecule has 15 heavy (non-hydrogen) atoms. The Morgan fingerprint density at radius 1 is 1.27 bits per heavy atom. The number of benzene rings is 1. The lowest BCUT2D eigenvalue weighted by molar-refractivity contribution is -0.129. The molecule has 0 atom stereocenters. The maximum atomic E-state index is 12.0. The molecule has 0 spiro atoms. The van der Waals surface area contributed by atoms with Crippen LogP contribution in [0.3, 0.4) is 0 Å². The van der Waals surface area contributed by atoms with E-state index < -0.39 is 0 Å². The fraction of sp³-hybridized carbons (Fsp3) is 0.462. The molecule has 2 aliphatic heterocycles. The Bertz CT molecular complexity index is 407. The third-order valence-electron chi connectivity index (χ3n) is 3.70. The molecule has 2 heterocycles. The molecule has 3 aliphatic rings. The summed E-state index contributed by atoms with van der Waals surface area (Å²) in [6, 6.07) is 8.16. The van der Waals surface area contributed by atoms with Gasteiger partial charge in [0.05, 0.1) is 0 Å². The fourth-order valence-corrected chi connectivity index (χ4v) is 2.74. The molecule has 2 heteroatoms. The molecule has 2 bridgehead atoms. The number of rotatable bonds is 1. The van der Waals surface area contributed by atoms with Gasteiger partial charge in [0.1, 0.15) is 0 Å². The summed E-state index contributed by atoms with van der Waals surface area (Å²) in [5.41, 5.74) is 2.31. The van der Waals surface area contributed by atoms with Gasteiger partial charge in [0.15, 0.2) is 0 Å². The number of fused-ring (bicyclic) bond motifs is 2. The number of anilines is 1. The SMILES string of the molecule is Cc1ccccc1N1CC2CC(C2)C1=O. The van der Waals surface area contributed by atoms with Crippen LogP contribution in [0.4, 0.5) is 5.69 Å². The van der Waals surface area contributed by atoms with Gasteiger partial charge in [0.25, 0.3) is 0 Å². The van der Waals surface area contributed by atoms with E-state index >= 15 is 0 Å². The van der Waals surface area contributed by atoms with E-state index in [0.29, 0.717) is 11.8 Å². The number of piperidine rings is 2. The van der Waals surface area contributed by atoms with Crippen LogP contribution >= 0.6 is 0 Å². The van der Waals surface area contributed by atoms with Crippen molar-refractivity contribution in [2.24, 2.45) is 11.8 Å². The van der Waals surface area contributed by atoms with Crippen LogP contribution in [0.15, 0.2) is 24.3 Å². The van der Waals surface area contributed by atoms with E-state index in [1.165, 1.54) is 5.56 Å². The number of aryl methyl sites for hydroxylation is 1. The van der Waals surface area contributed by atoms with E-state index in [4.69, 9.17) is 0 Å². The van der Waals surface area contributed by atoms with Crippen LogP contribution in [0.25, 0.3) is 0 Å². The molecular weight excluding hydrogens is 186 g/mol. The highest BCUT2D eigenvalue weighted by atomic mass is 16.2. The molecule has 2 nitrogen and oxygen atoms in total. The van der Waals surface area contributed by atoms with Gasteiger partial charge < -0.3 is 4.90 Å². The summed E-state index contributed by atoms with van der Waals surface area (Å²) < 4.78 is 0. The summed E-state index contributed by atoms with van der Waals surface area (Å²) in [6.45, 7) is 3.00. The molecule has 4 rings (SSSR count). The van der Waals surface area contributed by atoms with Crippen molar-refractivity contribution >= 4 is 11.6 Å². The normalized spacial score (nSPS) is 28.9. The van der Waals surface area contributed by atoms with Gasteiger partial charge in [0.2, 0.25) is 5.91 Å². The van der Waals surface area contributed by atoms with Crippen molar-refractivity contribution in [3.8, 4) is 0 Å². The van der Waals surface area contributed by atoms with Crippen molar-refractivity contribution in [2.45, 2.75) is 19.8 Å². The topological polar surface area (TPSA) is 20.3 Å². The average molecular weight is 201 g/mol. The van der Waals surface area contributed by atoms with Gasteiger partial charge >= 0.3 is 0 Å². The van der Waals surface area contributed by atoms with E-state index in [1.807, 2.05) is 17.0 Å². The predicted octanol–water partition coefficient (Wildman–Crippen LogP) is 2.37. The second-order valence-electron chi connectivity index (χ2n) is 4.77. The Morgan fingerprint density at radius 2 is 2.00 bits per heavy atom. The monoisotopic (exact) mass is 201 g/mol. The second-order valence-corrected chi connectivity index (χ2v) is 4.77. The molecule has 2 saturated heterocycles. The molecule has 0 aromatic heterocycles. The quantitative estimate of drug-likeness (QED) is 0.683. The standard InChI is InChI=1S/C13H15NO/c1-9-4-2-3-5-12(9)14-8-10-6-11(7-10)13(14)15/h2-5,10-11H,6-8H2,1H3. The first-order chi connectivity index (χ1) is 7.25. The van der Waals surface area contributed by atoms with E-state index in [2.05, 4.69) is 19.1 Å². The van der Waals surface area contributed by atoms with Gasteiger partial charge in [0, 0.05) is 18.2 Å². The summed E-state index contributed by atoms with van der Waals surface area (Å²) in [4.78, 5) is 14.0. The molecule has 1 aliphatic carbocycles. The molecule has 0 N–H and O–H groups in total. The van der Waals surface area contributed by atoms with Crippen LogP contribution in [0, 0.1) is 18.8 Å². The number of amides is 1. The van der Waals surface area contributed by atoms with Crippen LogP contribution < -0.4 is 4.90 Å². The lowest BCUT2D eigenvalue weighted by Gasteiger charge is -2.46. The largest absolute Gasteiger partial charge is 0.312 e. The van der Waals surface area contributed by atoms with E-state index in [1.54, 1.807) is 0 Å². The zero-order chi connectivity index (χ0) is 10.4.